The van der Waals surface area contributed by atoms with Crippen LogP contribution in [-0.4, -0.2) is 23.5 Å². The number of halogens is 1. The first-order chi connectivity index (χ1) is 7.75. The third-order valence-corrected chi connectivity index (χ3v) is 2.69. The lowest BCUT2D eigenvalue weighted by Gasteiger charge is -2.15. The van der Waals surface area contributed by atoms with Crippen LogP contribution in [0, 0.1) is 0 Å². The monoisotopic (exact) mass is 240 g/mol. The fraction of sp³-hybridized carbons (Fsp3) is 0.455. The van der Waals surface area contributed by atoms with Crippen molar-refractivity contribution in [3.05, 3.63) is 23.5 Å². The highest BCUT2D eigenvalue weighted by atomic mass is 35.5. The van der Waals surface area contributed by atoms with E-state index in [1.807, 2.05) is 0 Å². The molecule has 2 rings (SSSR count). The minimum atomic E-state index is -0.412. The van der Waals surface area contributed by atoms with E-state index in [1.54, 1.807) is 12.1 Å². The Morgan fingerprint density at radius 2 is 2.31 bits per heavy atom. The maximum absolute atomic E-state index is 11.6. The van der Waals surface area contributed by atoms with Crippen LogP contribution < -0.4 is 10.1 Å². The molecule has 16 heavy (non-hydrogen) atoms. The van der Waals surface area contributed by atoms with Crippen LogP contribution in [0.15, 0.2) is 18.3 Å². The Morgan fingerprint density at radius 1 is 1.44 bits per heavy atom. The molecule has 2 heterocycles. The number of aromatic nitrogens is 1. The molecule has 86 valence electrons. The molecule has 1 atom stereocenters. The van der Waals surface area contributed by atoms with E-state index < -0.39 is 6.10 Å². The lowest BCUT2D eigenvalue weighted by Crippen LogP contribution is -2.36. The van der Waals surface area contributed by atoms with E-state index in [4.69, 9.17) is 16.3 Å². The smallest absolute Gasteiger partial charge is 0.261 e. The van der Waals surface area contributed by atoms with E-state index in [0.717, 1.165) is 25.8 Å². The van der Waals surface area contributed by atoms with Gasteiger partial charge in [0.05, 0.1) is 6.20 Å². The second kappa shape index (κ2) is 5.16. The Hall–Kier alpha value is -1.29. The van der Waals surface area contributed by atoms with Crippen LogP contribution in [0.3, 0.4) is 0 Å². The number of hydrogen-bond donors (Lipinski definition) is 1. The summed E-state index contributed by atoms with van der Waals surface area (Å²) in [6.45, 7) is 0.734. The van der Waals surface area contributed by atoms with E-state index in [1.165, 1.54) is 6.20 Å². The van der Waals surface area contributed by atoms with Crippen LogP contribution in [0.2, 0.25) is 5.15 Å². The number of nitrogens with one attached hydrogen (secondary N) is 1. The summed E-state index contributed by atoms with van der Waals surface area (Å²) in [5, 5.41) is 3.23. The first-order valence-electron chi connectivity index (χ1n) is 5.31. The molecular weight excluding hydrogens is 228 g/mol. The molecule has 1 amide bonds. The van der Waals surface area contributed by atoms with Gasteiger partial charge < -0.3 is 10.1 Å². The first-order valence-corrected chi connectivity index (χ1v) is 5.69. The minimum absolute atomic E-state index is 0.0487. The van der Waals surface area contributed by atoms with Crippen molar-refractivity contribution in [1.29, 1.82) is 0 Å². The van der Waals surface area contributed by atoms with Gasteiger partial charge in [-0.15, -0.1) is 0 Å². The largest absolute Gasteiger partial charge is 0.479 e. The number of hydrogen-bond acceptors (Lipinski definition) is 3. The van der Waals surface area contributed by atoms with Crippen LogP contribution in [0.4, 0.5) is 0 Å². The summed E-state index contributed by atoms with van der Waals surface area (Å²) in [6, 6.07) is 3.36. The van der Waals surface area contributed by atoms with Gasteiger partial charge in [0.15, 0.2) is 6.10 Å². The average Bonchev–Trinajstić information content (AvgIpc) is 2.48. The zero-order chi connectivity index (χ0) is 11.4. The van der Waals surface area contributed by atoms with Crippen molar-refractivity contribution in [2.24, 2.45) is 0 Å². The zero-order valence-electron chi connectivity index (χ0n) is 8.78. The summed E-state index contributed by atoms with van der Waals surface area (Å²) in [5.74, 6) is 0.527. The van der Waals surface area contributed by atoms with Crippen molar-refractivity contribution in [3.63, 3.8) is 0 Å². The lowest BCUT2D eigenvalue weighted by molar-refractivity contribution is -0.127. The van der Waals surface area contributed by atoms with E-state index in [9.17, 15) is 4.79 Å². The van der Waals surface area contributed by atoms with Gasteiger partial charge in [-0.2, -0.15) is 0 Å². The molecule has 0 spiro atoms. The van der Waals surface area contributed by atoms with Crippen LogP contribution in [0.5, 0.6) is 5.75 Å². The predicted octanol–water partition coefficient (Wildman–Crippen LogP) is 1.78. The predicted molar refractivity (Wildman–Crippen MR) is 60.5 cm³/mol. The van der Waals surface area contributed by atoms with Crippen LogP contribution in [0.25, 0.3) is 0 Å². The second-order valence-electron chi connectivity index (χ2n) is 3.71. The van der Waals surface area contributed by atoms with E-state index in [0.29, 0.717) is 10.9 Å². The number of ether oxygens (including phenoxy) is 1. The van der Waals surface area contributed by atoms with Crippen LogP contribution >= 0.6 is 11.6 Å². The molecule has 0 radical (unpaired) electrons. The molecule has 0 aromatic carbocycles. The number of rotatable bonds is 2. The number of pyridine rings is 1. The summed E-state index contributed by atoms with van der Waals surface area (Å²) in [6.07, 6.45) is 3.86. The van der Waals surface area contributed by atoms with Gasteiger partial charge in [0.25, 0.3) is 5.91 Å². The third kappa shape index (κ3) is 2.85. The number of carbonyl (C=O) groups is 1. The summed E-state index contributed by atoms with van der Waals surface area (Å²) >= 11 is 5.66. The molecule has 0 aliphatic carbocycles. The Balaban J connectivity index is 2.02. The maximum atomic E-state index is 11.6. The molecule has 1 unspecified atom stereocenters. The normalized spacial score (nSPS) is 21.1. The van der Waals surface area contributed by atoms with Crippen molar-refractivity contribution >= 4 is 17.5 Å². The fourth-order valence-corrected chi connectivity index (χ4v) is 1.73. The summed E-state index contributed by atoms with van der Waals surface area (Å²) in [7, 11) is 0. The number of carbonyl (C=O) groups excluding carboxylic acids is 1. The molecule has 1 fully saturated rings. The lowest BCUT2D eigenvalue weighted by atomic mass is 10.2. The van der Waals surface area contributed by atoms with Gasteiger partial charge in [-0.05, 0) is 31.4 Å². The minimum Gasteiger partial charge on any atom is -0.479 e. The van der Waals surface area contributed by atoms with E-state index >= 15 is 0 Å². The highest BCUT2D eigenvalue weighted by molar-refractivity contribution is 6.29. The maximum Gasteiger partial charge on any atom is 0.261 e. The van der Waals surface area contributed by atoms with Crippen molar-refractivity contribution < 1.29 is 9.53 Å². The van der Waals surface area contributed by atoms with Crippen molar-refractivity contribution in [2.45, 2.75) is 25.4 Å². The van der Waals surface area contributed by atoms with Gasteiger partial charge in [0.1, 0.15) is 10.9 Å². The van der Waals surface area contributed by atoms with Gasteiger partial charge in [0, 0.05) is 6.54 Å². The Morgan fingerprint density at radius 3 is 3.06 bits per heavy atom. The SMILES string of the molecule is O=C1NCCCCC1Oc1ccc(Cl)nc1. The van der Waals surface area contributed by atoms with Crippen LogP contribution in [-0.2, 0) is 4.79 Å². The second-order valence-corrected chi connectivity index (χ2v) is 4.10. The average molecular weight is 241 g/mol. The fourth-order valence-electron chi connectivity index (χ4n) is 1.62. The molecule has 0 bridgehead atoms. The van der Waals surface area contributed by atoms with Gasteiger partial charge >= 0.3 is 0 Å². The van der Waals surface area contributed by atoms with Crippen LogP contribution in [0.1, 0.15) is 19.3 Å². The molecule has 1 aliphatic heterocycles. The van der Waals surface area contributed by atoms with Crippen molar-refractivity contribution in [3.8, 4) is 5.75 Å². The third-order valence-electron chi connectivity index (χ3n) is 2.46. The Kier molecular flexibility index (Phi) is 3.62. The molecule has 1 aromatic heterocycles. The quantitative estimate of drug-likeness (QED) is 0.802. The standard InChI is InChI=1S/C11H13ClN2O2/c12-10-5-4-8(7-14-10)16-9-3-1-2-6-13-11(9)15/h4-5,7,9H,1-3,6H2,(H,13,15). The highest BCUT2D eigenvalue weighted by Crippen LogP contribution is 2.17. The summed E-state index contributed by atoms with van der Waals surface area (Å²) < 4.78 is 5.57. The summed E-state index contributed by atoms with van der Waals surface area (Å²) in [5.41, 5.74) is 0. The van der Waals surface area contributed by atoms with E-state index in [-0.39, 0.29) is 5.91 Å². The van der Waals surface area contributed by atoms with Gasteiger partial charge in [-0.25, -0.2) is 4.98 Å². The molecule has 0 saturated carbocycles. The molecule has 1 aromatic rings. The Bertz CT molecular complexity index is 367. The number of nitrogens with zero attached hydrogens (tertiary/aromatic N) is 1. The molecule has 5 heteroatoms. The molecular formula is C11H13ClN2O2. The van der Waals surface area contributed by atoms with Crippen molar-refractivity contribution in [2.75, 3.05) is 6.54 Å². The first kappa shape index (κ1) is 11.2. The highest BCUT2D eigenvalue weighted by Gasteiger charge is 2.22. The topological polar surface area (TPSA) is 51.2 Å². The zero-order valence-corrected chi connectivity index (χ0v) is 9.54. The molecule has 1 N–H and O–H groups in total. The number of amides is 1. The Labute approximate surface area is 99.0 Å². The van der Waals surface area contributed by atoms with E-state index in [2.05, 4.69) is 10.3 Å². The molecule has 4 nitrogen and oxygen atoms in total. The van der Waals surface area contributed by atoms with Gasteiger partial charge in [-0.3, -0.25) is 4.79 Å². The van der Waals surface area contributed by atoms with Gasteiger partial charge in [-0.1, -0.05) is 11.6 Å². The van der Waals surface area contributed by atoms with Crippen molar-refractivity contribution in [1.82, 2.24) is 10.3 Å². The molecule has 1 saturated heterocycles. The van der Waals surface area contributed by atoms with Gasteiger partial charge in [0.2, 0.25) is 0 Å². The molecule has 1 aliphatic rings. The summed E-state index contributed by atoms with van der Waals surface area (Å²) in [4.78, 5) is 15.5.